The minimum absolute atomic E-state index is 1.06. The Bertz CT molecular complexity index is 1140. The minimum Gasteiger partial charge on any atom is -0.0901 e. The molecule has 1 heteroatoms. The Kier molecular flexibility index (Phi) is 4.09. The van der Waals surface area contributed by atoms with Crippen LogP contribution in [0.15, 0.2) is 94.7 Å². The van der Waals surface area contributed by atoms with Crippen molar-refractivity contribution >= 4 is 11.8 Å². The highest BCUT2D eigenvalue weighted by Gasteiger charge is 2.17. The molecule has 2 aliphatic carbocycles. The van der Waals surface area contributed by atoms with Gasteiger partial charge in [-0.3, -0.25) is 0 Å². The summed E-state index contributed by atoms with van der Waals surface area (Å²) in [7, 11) is 0. The molecule has 0 bridgehead atoms. The quantitative estimate of drug-likeness (QED) is 0.312. The summed E-state index contributed by atoms with van der Waals surface area (Å²) in [6.07, 6.45) is 4.24. The van der Waals surface area contributed by atoms with Crippen LogP contribution in [0.25, 0.3) is 0 Å². The molecule has 0 fully saturated rings. The van der Waals surface area contributed by atoms with E-state index in [1.807, 2.05) is 11.8 Å². The number of fused-ring (bicyclic) bond motifs is 4. The van der Waals surface area contributed by atoms with Gasteiger partial charge in [0, 0.05) is 9.79 Å². The number of benzene rings is 4. The molecule has 0 aliphatic heterocycles. The van der Waals surface area contributed by atoms with Crippen molar-refractivity contribution in [2.45, 2.75) is 35.5 Å². The van der Waals surface area contributed by atoms with E-state index < -0.39 is 0 Å². The van der Waals surface area contributed by atoms with Crippen LogP contribution in [0.3, 0.4) is 0 Å². The molecule has 0 saturated heterocycles. The fourth-order valence-corrected chi connectivity index (χ4v) is 5.71. The molecule has 4 aromatic carbocycles. The lowest BCUT2D eigenvalue weighted by Crippen LogP contribution is -2.07. The third-order valence-electron chi connectivity index (χ3n) is 6.35. The molecule has 0 saturated carbocycles. The maximum absolute atomic E-state index is 2.41. The van der Waals surface area contributed by atoms with E-state index in [0.717, 1.165) is 25.7 Å². The second-order valence-corrected chi connectivity index (χ2v) is 9.35. The molecule has 29 heavy (non-hydrogen) atoms. The van der Waals surface area contributed by atoms with Gasteiger partial charge in [0.2, 0.25) is 0 Å². The highest BCUT2D eigenvalue weighted by atomic mass is 32.2. The van der Waals surface area contributed by atoms with Crippen molar-refractivity contribution in [2.24, 2.45) is 0 Å². The Morgan fingerprint density at radius 1 is 0.379 bits per heavy atom. The van der Waals surface area contributed by atoms with Crippen molar-refractivity contribution in [3.8, 4) is 0 Å². The Labute approximate surface area is 176 Å². The van der Waals surface area contributed by atoms with E-state index >= 15 is 0 Å². The van der Waals surface area contributed by atoms with Crippen molar-refractivity contribution in [3.63, 3.8) is 0 Å². The Hall–Kier alpha value is -2.77. The first-order chi connectivity index (χ1) is 14.3. The molecule has 140 valence electrons. The summed E-state index contributed by atoms with van der Waals surface area (Å²) in [5.74, 6) is 0. The van der Waals surface area contributed by atoms with E-state index in [9.17, 15) is 0 Å². The molecule has 4 aromatic rings. The number of hydrogen-bond acceptors (Lipinski definition) is 1. The van der Waals surface area contributed by atoms with Crippen LogP contribution in [0, 0.1) is 0 Å². The zero-order valence-electron chi connectivity index (χ0n) is 16.3. The van der Waals surface area contributed by atoms with Gasteiger partial charge in [0.1, 0.15) is 0 Å². The summed E-state index contributed by atoms with van der Waals surface area (Å²) in [6.45, 7) is 0. The normalized spacial score (nSPS) is 13.8. The highest BCUT2D eigenvalue weighted by Crippen LogP contribution is 2.36. The topological polar surface area (TPSA) is 0 Å². The Morgan fingerprint density at radius 2 is 0.724 bits per heavy atom. The summed E-state index contributed by atoms with van der Waals surface area (Å²) < 4.78 is 0. The zero-order chi connectivity index (χ0) is 19.2. The van der Waals surface area contributed by atoms with E-state index in [1.165, 1.54) is 54.3 Å². The molecular formula is C28H22S. The summed E-state index contributed by atoms with van der Waals surface area (Å²) >= 11 is 1.90. The van der Waals surface area contributed by atoms with Gasteiger partial charge in [-0.05, 0) is 94.5 Å². The minimum atomic E-state index is 1.06. The van der Waals surface area contributed by atoms with Gasteiger partial charge in [-0.2, -0.15) is 0 Å². The number of hydrogen-bond donors (Lipinski definition) is 0. The van der Waals surface area contributed by atoms with Crippen molar-refractivity contribution < 1.29 is 0 Å². The Morgan fingerprint density at radius 3 is 1.14 bits per heavy atom. The molecule has 0 atom stereocenters. The first-order valence-corrected chi connectivity index (χ1v) is 11.2. The molecular weight excluding hydrogens is 368 g/mol. The van der Waals surface area contributed by atoms with Crippen LogP contribution in [0.4, 0.5) is 0 Å². The van der Waals surface area contributed by atoms with E-state index in [4.69, 9.17) is 0 Å². The van der Waals surface area contributed by atoms with E-state index in [2.05, 4.69) is 84.9 Å². The lowest BCUT2D eigenvalue weighted by molar-refractivity contribution is 0.988. The first-order valence-electron chi connectivity index (χ1n) is 10.4. The molecule has 0 nitrogen and oxygen atoms in total. The van der Waals surface area contributed by atoms with E-state index in [1.54, 1.807) is 0 Å². The predicted octanol–water partition coefficient (Wildman–Crippen LogP) is 6.83. The monoisotopic (exact) mass is 390 g/mol. The van der Waals surface area contributed by atoms with Crippen LogP contribution in [0.1, 0.15) is 44.5 Å². The second kappa shape index (κ2) is 6.93. The second-order valence-electron chi connectivity index (χ2n) is 8.21. The van der Waals surface area contributed by atoms with Gasteiger partial charge in [0.05, 0.1) is 0 Å². The van der Waals surface area contributed by atoms with Gasteiger partial charge in [0.15, 0.2) is 0 Å². The molecule has 0 unspecified atom stereocenters. The van der Waals surface area contributed by atoms with E-state index in [-0.39, 0.29) is 0 Å². The highest BCUT2D eigenvalue weighted by molar-refractivity contribution is 7.99. The molecule has 0 spiro atoms. The van der Waals surface area contributed by atoms with Gasteiger partial charge < -0.3 is 0 Å². The summed E-state index contributed by atoms with van der Waals surface area (Å²) in [5.41, 5.74) is 11.9. The molecule has 0 radical (unpaired) electrons. The largest absolute Gasteiger partial charge is 0.0901 e. The molecule has 0 N–H and O–H groups in total. The first kappa shape index (κ1) is 17.1. The molecule has 0 aromatic heterocycles. The maximum Gasteiger partial charge on any atom is 0.0125 e. The van der Waals surface area contributed by atoms with Crippen molar-refractivity contribution in [3.05, 3.63) is 129 Å². The molecule has 2 aliphatic rings. The maximum atomic E-state index is 2.41. The lowest BCUT2D eigenvalue weighted by atomic mass is 9.86. The van der Waals surface area contributed by atoms with Crippen LogP contribution in [-0.2, 0) is 25.7 Å². The fraction of sp³-hybridized carbons (Fsp3) is 0.143. The van der Waals surface area contributed by atoms with Crippen LogP contribution in [0.2, 0.25) is 0 Å². The van der Waals surface area contributed by atoms with Gasteiger partial charge in [0.25, 0.3) is 0 Å². The predicted molar refractivity (Wildman–Crippen MR) is 121 cm³/mol. The summed E-state index contributed by atoms with van der Waals surface area (Å²) in [4.78, 5) is 2.69. The van der Waals surface area contributed by atoms with Crippen LogP contribution in [-0.4, -0.2) is 0 Å². The van der Waals surface area contributed by atoms with Crippen LogP contribution < -0.4 is 0 Å². The average molecular weight is 391 g/mol. The third kappa shape index (κ3) is 3.20. The lowest BCUT2D eigenvalue weighted by Gasteiger charge is -2.21. The third-order valence-corrected chi connectivity index (χ3v) is 7.33. The SMILES string of the molecule is c1ccc2c(c1)Cc1ccc(Sc3ccc4c(c3)Cc3ccccc3C4)cc1C2. The smallest absolute Gasteiger partial charge is 0.0125 e. The van der Waals surface area contributed by atoms with Crippen molar-refractivity contribution in [2.75, 3.05) is 0 Å². The van der Waals surface area contributed by atoms with Crippen LogP contribution >= 0.6 is 11.8 Å². The summed E-state index contributed by atoms with van der Waals surface area (Å²) in [5, 5.41) is 0. The fourth-order valence-electron chi connectivity index (χ4n) is 4.77. The number of rotatable bonds is 2. The van der Waals surface area contributed by atoms with Crippen LogP contribution in [0.5, 0.6) is 0 Å². The van der Waals surface area contributed by atoms with Gasteiger partial charge in [-0.1, -0.05) is 72.4 Å². The zero-order valence-corrected chi connectivity index (χ0v) is 17.1. The summed E-state index contributed by atoms with van der Waals surface area (Å²) in [6, 6.07) is 31.8. The van der Waals surface area contributed by atoms with Crippen molar-refractivity contribution in [1.82, 2.24) is 0 Å². The molecule has 6 rings (SSSR count). The van der Waals surface area contributed by atoms with Crippen molar-refractivity contribution in [1.29, 1.82) is 0 Å². The Balaban J connectivity index is 1.26. The average Bonchev–Trinajstić information content (AvgIpc) is 2.76. The standard InChI is InChI=1S/C28H22S/c1-3-7-21-15-25-17-27(11-9-23(25)13-19(21)5-1)29-28-12-10-24-14-20-6-2-4-8-22(20)16-26(24)18-28/h1-12,17-18H,13-16H2. The van der Waals surface area contributed by atoms with Gasteiger partial charge >= 0.3 is 0 Å². The molecule has 0 amide bonds. The van der Waals surface area contributed by atoms with Gasteiger partial charge in [-0.25, -0.2) is 0 Å². The van der Waals surface area contributed by atoms with E-state index in [0.29, 0.717) is 0 Å². The molecule has 0 heterocycles. The van der Waals surface area contributed by atoms with Gasteiger partial charge in [-0.15, -0.1) is 0 Å².